The summed E-state index contributed by atoms with van der Waals surface area (Å²) in [6, 6.07) is 10.0. The number of hydrogen-bond acceptors (Lipinski definition) is 2. The molecule has 5 heteroatoms. The first-order valence-corrected chi connectivity index (χ1v) is 10.5. The van der Waals surface area contributed by atoms with Crippen LogP contribution in [-0.4, -0.2) is 36.1 Å². The van der Waals surface area contributed by atoms with Crippen molar-refractivity contribution in [2.24, 2.45) is 10.4 Å². The molecule has 2 rings (SSSR count). The maximum Gasteiger partial charge on any atom is 0.191 e. The van der Waals surface area contributed by atoms with Gasteiger partial charge in [0.15, 0.2) is 5.96 Å². The van der Waals surface area contributed by atoms with E-state index in [4.69, 9.17) is 0 Å². The summed E-state index contributed by atoms with van der Waals surface area (Å²) in [5.74, 6) is 2.08. The van der Waals surface area contributed by atoms with Crippen molar-refractivity contribution in [2.75, 3.05) is 25.9 Å². The largest absolute Gasteiger partial charge is 0.356 e. The molecule has 1 aliphatic rings. The monoisotopic (exact) mass is 349 g/mol. The fourth-order valence-electron chi connectivity index (χ4n) is 3.39. The zero-order valence-electron chi connectivity index (χ0n) is 15.0. The van der Waals surface area contributed by atoms with Crippen LogP contribution in [-0.2, 0) is 16.6 Å². The lowest BCUT2D eigenvalue weighted by atomic mass is 9.83. The molecule has 2 N–H and O–H groups in total. The third-order valence-corrected chi connectivity index (χ3v) is 6.38. The van der Waals surface area contributed by atoms with E-state index in [0.29, 0.717) is 23.5 Å². The Bertz CT molecular complexity index is 539. The molecule has 0 saturated heterocycles. The first-order valence-electron chi connectivity index (χ1n) is 9.01. The van der Waals surface area contributed by atoms with Crippen LogP contribution in [0.25, 0.3) is 0 Å². The van der Waals surface area contributed by atoms with Gasteiger partial charge in [-0.25, -0.2) is 0 Å². The van der Waals surface area contributed by atoms with Gasteiger partial charge in [0.2, 0.25) is 0 Å². The molecule has 0 aromatic heterocycles. The molecule has 0 aliphatic heterocycles. The summed E-state index contributed by atoms with van der Waals surface area (Å²) in [5.41, 5.74) is 1.57. The Morgan fingerprint density at radius 3 is 2.54 bits per heavy atom. The summed E-state index contributed by atoms with van der Waals surface area (Å²) in [5, 5.41) is 6.76. The molecule has 0 amide bonds. The molecule has 134 valence electrons. The molecule has 24 heavy (non-hydrogen) atoms. The van der Waals surface area contributed by atoms with Gasteiger partial charge in [0.25, 0.3) is 0 Å². The number of hydrogen-bond donors (Lipinski definition) is 2. The van der Waals surface area contributed by atoms with Gasteiger partial charge in [-0.3, -0.25) is 9.20 Å². The third-order valence-electron chi connectivity index (χ3n) is 5.06. The van der Waals surface area contributed by atoms with Gasteiger partial charge in [0.05, 0.1) is 0 Å². The van der Waals surface area contributed by atoms with Gasteiger partial charge in [-0.2, -0.15) is 0 Å². The van der Waals surface area contributed by atoms with Crippen molar-refractivity contribution in [3.05, 3.63) is 35.9 Å². The van der Waals surface area contributed by atoms with E-state index in [1.165, 1.54) is 32.1 Å². The molecule has 1 saturated carbocycles. The van der Waals surface area contributed by atoms with Gasteiger partial charge >= 0.3 is 0 Å². The fourth-order valence-corrected chi connectivity index (χ4v) is 4.43. The van der Waals surface area contributed by atoms with E-state index in [1.54, 1.807) is 7.05 Å². The zero-order valence-corrected chi connectivity index (χ0v) is 15.8. The van der Waals surface area contributed by atoms with Gasteiger partial charge in [-0.15, -0.1) is 0 Å². The van der Waals surface area contributed by atoms with Crippen molar-refractivity contribution >= 4 is 16.8 Å². The Balaban J connectivity index is 1.69. The smallest absolute Gasteiger partial charge is 0.191 e. The maximum atomic E-state index is 12.2. The molecule has 1 unspecified atom stereocenters. The fraction of sp³-hybridized carbons (Fsp3) is 0.632. The van der Waals surface area contributed by atoms with Crippen molar-refractivity contribution < 1.29 is 4.21 Å². The highest BCUT2D eigenvalue weighted by Crippen LogP contribution is 2.40. The number of nitrogens with one attached hydrogen (secondary N) is 2. The molecule has 0 heterocycles. The molecule has 1 fully saturated rings. The average molecular weight is 350 g/mol. The van der Waals surface area contributed by atoms with Gasteiger partial charge in [-0.05, 0) is 30.2 Å². The zero-order chi connectivity index (χ0) is 17.3. The molecule has 4 nitrogen and oxygen atoms in total. The summed E-state index contributed by atoms with van der Waals surface area (Å²) >= 11 is 0. The molecule has 0 radical (unpaired) electrons. The Morgan fingerprint density at radius 1 is 1.21 bits per heavy atom. The van der Waals surface area contributed by atoms with Crippen molar-refractivity contribution in [2.45, 2.75) is 44.8 Å². The SMILES string of the molecule is CCC1(CNC(=NC)NCCS(=O)Cc2ccccc2)CCCC1. The second-order valence-corrected chi connectivity index (χ2v) is 8.26. The molecule has 1 aliphatic carbocycles. The van der Waals surface area contributed by atoms with Crippen LogP contribution in [0.5, 0.6) is 0 Å². The van der Waals surface area contributed by atoms with Crippen LogP contribution < -0.4 is 10.6 Å². The highest BCUT2D eigenvalue weighted by molar-refractivity contribution is 7.84. The molecule has 1 atom stereocenters. The molecular weight excluding hydrogens is 318 g/mol. The first-order chi connectivity index (χ1) is 11.7. The van der Waals surface area contributed by atoms with Crippen LogP contribution in [0.4, 0.5) is 0 Å². The van der Waals surface area contributed by atoms with Crippen LogP contribution in [0.3, 0.4) is 0 Å². The second-order valence-electron chi connectivity index (χ2n) is 6.69. The third kappa shape index (κ3) is 5.93. The predicted molar refractivity (Wildman–Crippen MR) is 104 cm³/mol. The summed E-state index contributed by atoms with van der Waals surface area (Å²) < 4.78 is 12.2. The minimum atomic E-state index is -0.851. The van der Waals surface area contributed by atoms with Crippen LogP contribution >= 0.6 is 0 Å². The second kappa shape index (κ2) is 9.82. The van der Waals surface area contributed by atoms with Crippen LogP contribution in [0.15, 0.2) is 35.3 Å². The van der Waals surface area contributed by atoms with E-state index in [1.807, 2.05) is 30.3 Å². The van der Waals surface area contributed by atoms with E-state index in [0.717, 1.165) is 18.1 Å². The lowest BCUT2D eigenvalue weighted by Crippen LogP contribution is -2.43. The number of benzene rings is 1. The Kier molecular flexibility index (Phi) is 7.76. The summed E-state index contributed by atoms with van der Waals surface area (Å²) in [6.07, 6.45) is 6.54. The standard InChI is InChI=1S/C19H31N3OS/c1-3-19(11-7-8-12-19)16-22-18(20-2)21-13-14-24(23)15-17-9-5-4-6-10-17/h4-6,9-10H,3,7-8,11-16H2,1-2H3,(H2,20,21,22). The highest BCUT2D eigenvalue weighted by atomic mass is 32.2. The Labute approximate surface area is 149 Å². The minimum Gasteiger partial charge on any atom is -0.356 e. The van der Waals surface area contributed by atoms with E-state index in [-0.39, 0.29) is 0 Å². The lowest BCUT2D eigenvalue weighted by Gasteiger charge is -2.28. The van der Waals surface area contributed by atoms with Gasteiger partial charge < -0.3 is 10.6 Å². The van der Waals surface area contributed by atoms with Crippen molar-refractivity contribution in [1.82, 2.24) is 10.6 Å². The molecule has 1 aromatic carbocycles. The van der Waals surface area contributed by atoms with Crippen LogP contribution in [0.2, 0.25) is 0 Å². The molecule has 0 bridgehead atoms. The molecular formula is C19H31N3OS. The quantitative estimate of drug-likeness (QED) is 0.560. The Hall–Kier alpha value is -1.36. The number of guanidine groups is 1. The van der Waals surface area contributed by atoms with E-state index >= 15 is 0 Å². The summed E-state index contributed by atoms with van der Waals surface area (Å²) in [6.45, 7) is 3.95. The summed E-state index contributed by atoms with van der Waals surface area (Å²) in [7, 11) is 0.945. The topological polar surface area (TPSA) is 53.5 Å². The van der Waals surface area contributed by atoms with E-state index in [9.17, 15) is 4.21 Å². The highest BCUT2D eigenvalue weighted by Gasteiger charge is 2.31. The molecule has 1 aromatic rings. The normalized spacial score (nSPS) is 18.3. The van der Waals surface area contributed by atoms with E-state index < -0.39 is 10.8 Å². The van der Waals surface area contributed by atoms with E-state index in [2.05, 4.69) is 22.5 Å². The van der Waals surface area contributed by atoms with Crippen LogP contribution in [0.1, 0.15) is 44.6 Å². The minimum absolute atomic E-state index is 0.438. The number of rotatable bonds is 8. The van der Waals surface area contributed by atoms with Gasteiger partial charge in [-0.1, -0.05) is 50.1 Å². The van der Waals surface area contributed by atoms with Crippen molar-refractivity contribution in [3.63, 3.8) is 0 Å². The van der Waals surface area contributed by atoms with Crippen molar-refractivity contribution in [1.29, 1.82) is 0 Å². The Morgan fingerprint density at radius 2 is 1.92 bits per heavy atom. The number of nitrogens with zero attached hydrogens (tertiary/aromatic N) is 1. The molecule has 0 spiro atoms. The van der Waals surface area contributed by atoms with Gasteiger partial charge in [0.1, 0.15) is 0 Å². The first kappa shape index (κ1) is 19.0. The van der Waals surface area contributed by atoms with Crippen molar-refractivity contribution in [3.8, 4) is 0 Å². The van der Waals surface area contributed by atoms with Gasteiger partial charge in [0, 0.05) is 42.4 Å². The lowest BCUT2D eigenvalue weighted by molar-refractivity contribution is 0.283. The maximum absolute atomic E-state index is 12.2. The van der Waals surface area contributed by atoms with Crippen LogP contribution in [0, 0.1) is 5.41 Å². The number of aliphatic imine (C=N–C) groups is 1. The summed E-state index contributed by atoms with van der Waals surface area (Å²) in [4.78, 5) is 4.29. The predicted octanol–water partition coefficient (Wildman–Crippen LogP) is 3.07. The average Bonchev–Trinajstić information content (AvgIpc) is 3.08.